The first-order valence-corrected chi connectivity index (χ1v) is 6.48. The van der Waals surface area contributed by atoms with E-state index in [2.05, 4.69) is 24.2 Å². The Balaban J connectivity index is 2.66. The summed E-state index contributed by atoms with van der Waals surface area (Å²) in [5, 5.41) is 4.21. The highest BCUT2D eigenvalue weighted by Crippen LogP contribution is 2.26. The molecule has 0 radical (unpaired) electrons. The van der Waals surface area contributed by atoms with Crippen molar-refractivity contribution < 1.29 is 4.79 Å². The highest BCUT2D eigenvalue weighted by molar-refractivity contribution is 8.13. The molecule has 3 N–H and O–H groups in total. The predicted molar refractivity (Wildman–Crippen MR) is 69.6 cm³/mol. The first kappa shape index (κ1) is 13.4. The van der Waals surface area contributed by atoms with E-state index in [4.69, 9.17) is 5.73 Å². The van der Waals surface area contributed by atoms with Gasteiger partial charge in [-0.05, 0) is 34.1 Å². The Morgan fingerprint density at radius 2 is 2.25 bits per heavy atom. The number of primary amides is 1. The molecular weight excluding hydrogens is 222 g/mol. The van der Waals surface area contributed by atoms with Crippen LogP contribution >= 0.6 is 11.8 Å². The van der Waals surface area contributed by atoms with Gasteiger partial charge in [0, 0.05) is 17.7 Å². The van der Waals surface area contributed by atoms with Crippen molar-refractivity contribution in [2.75, 3.05) is 5.75 Å². The summed E-state index contributed by atoms with van der Waals surface area (Å²) in [6.45, 7) is 8.16. The number of thioether (sulfide) groups is 1. The summed E-state index contributed by atoms with van der Waals surface area (Å²) in [5.41, 5.74) is 4.88. The lowest BCUT2D eigenvalue weighted by molar-refractivity contribution is -0.119. The van der Waals surface area contributed by atoms with Gasteiger partial charge in [0.05, 0.1) is 5.54 Å². The average molecular weight is 243 g/mol. The SMILES string of the molecule is CC1(C)CCSC(NC(C)(C)CC(N)=O)=N1. The van der Waals surface area contributed by atoms with Gasteiger partial charge in [-0.1, -0.05) is 11.8 Å². The van der Waals surface area contributed by atoms with E-state index in [-0.39, 0.29) is 17.0 Å². The molecule has 92 valence electrons. The molecular formula is C11H21N3OS. The molecule has 0 unspecified atom stereocenters. The molecule has 1 amide bonds. The Morgan fingerprint density at radius 1 is 1.62 bits per heavy atom. The molecule has 0 bridgehead atoms. The smallest absolute Gasteiger partial charge is 0.219 e. The molecule has 0 aromatic carbocycles. The van der Waals surface area contributed by atoms with Crippen molar-refractivity contribution in [3.63, 3.8) is 0 Å². The first-order valence-electron chi connectivity index (χ1n) is 5.49. The van der Waals surface area contributed by atoms with Crippen LogP contribution in [0.3, 0.4) is 0 Å². The molecule has 1 aliphatic heterocycles. The second kappa shape index (κ2) is 4.65. The van der Waals surface area contributed by atoms with Gasteiger partial charge in [0.2, 0.25) is 5.91 Å². The van der Waals surface area contributed by atoms with Gasteiger partial charge in [-0.15, -0.1) is 0 Å². The maximum absolute atomic E-state index is 10.9. The minimum atomic E-state index is -0.328. The van der Waals surface area contributed by atoms with E-state index < -0.39 is 0 Å². The lowest BCUT2D eigenvalue weighted by atomic mass is 10.0. The fourth-order valence-corrected chi connectivity index (χ4v) is 3.05. The van der Waals surface area contributed by atoms with Crippen LogP contribution in [0.2, 0.25) is 0 Å². The summed E-state index contributed by atoms with van der Waals surface area (Å²) in [6.07, 6.45) is 1.39. The summed E-state index contributed by atoms with van der Waals surface area (Å²) in [6, 6.07) is 0. The summed E-state index contributed by atoms with van der Waals surface area (Å²) in [4.78, 5) is 15.5. The molecule has 5 heteroatoms. The van der Waals surface area contributed by atoms with Gasteiger partial charge in [-0.3, -0.25) is 9.79 Å². The third-order valence-corrected chi connectivity index (χ3v) is 3.29. The Labute approximate surface area is 101 Å². The number of rotatable bonds is 3. The van der Waals surface area contributed by atoms with Crippen LogP contribution in [0.1, 0.15) is 40.5 Å². The summed E-state index contributed by atoms with van der Waals surface area (Å²) in [7, 11) is 0. The molecule has 1 heterocycles. The molecule has 0 saturated heterocycles. The van der Waals surface area contributed by atoms with E-state index in [0.29, 0.717) is 6.42 Å². The van der Waals surface area contributed by atoms with Gasteiger partial charge in [0.15, 0.2) is 5.17 Å². The van der Waals surface area contributed by atoms with E-state index in [1.807, 2.05) is 13.8 Å². The van der Waals surface area contributed by atoms with Crippen molar-refractivity contribution in [2.24, 2.45) is 10.7 Å². The number of nitrogens with zero attached hydrogens (tertiary/aromatic N) is 1. The Kier molecular flexibility index (Phi) is 3.88. The highest BCUT2D eigenvalue weighted by atomic mass is 32.2. The molecule has 1 aliphatic rings. The van der Waals surface area contributed by atoms with Crippen molar-refractivity contribution in [1.29, 1.82) is 0 Å². The molecule has 1 rings (SSSR count). The highest BCUT2D eigenvalue weighted by Gasteiger charge is 2.27. The van der Waals surface area contributed by atoms with E-state index in [0.717, 1.165) is 17.3 Å². The van der Waals surface area contributed by atoms with Gasteiger partial charge < -0.3 is 11.1 Å². The third kappa shape index (κ3) is 4.43. The summed E-state index contributed by atoms with van der Waals surface area (Å²) >= 11 is 1.71. The third-order valence-electron chi connectivity index (χ3n) is 2.42. The van der Waals surface area contributed by atoms with Crippen LogP contribution in [-0.2, 0) is 4.79 Å². The molecule has 0 saturated carbocycles. The maximum atomic E-state index is 10.9. The zero-order valence-corrected chi connectivity index (χ0v) is 11.3. The molecule has 0 aromatic heterocycles. The van der Waals surface area contributed by atoms with Crippen LogP contribution in [0.5, 0.6) is 0 Å². The summed E-state index contributed by atoms with van der Waals surface area (Å²) in [5.74, 6) is 0.768. The van der Waals surface area contributed by atoms with Crippen LogP contribution in [-0.4, -0.2) is 27.9 Å². The van der Waals surface area contributed by atoms with Crippen LogP contribution < -0.4 is 11.1 Å². The minimum Gasteiger partial charge on any atom is -0.370 e. The molecule has 0 spiro atoms. The number of amidine groups is 1. The van der Waals surface area contributed by atoms with Gasteiger partial charge in [-0.2, -0.15) is 0 Å². The van der Waals surface area contributed by atoms with Gasteiger partial charge in [0.1, 0.15) is 0 Å². The second-order valence-electron chi connectivity index (χ2n) is 5.48. The van der Waals surface area contributed by atoms with Crippen molar-refractivity contribution in [1.82, 2.24) is 5.32 Å². The van der Waals surface area contributed by atoms with Crippen LogP contribution in [0, 0.1) is 0 Å². The molecule has 4 nitrogen and oxygen atoms in total. The largest absolute Gasteiger partial charge is 0.370 e. The number of amides is 1. The standard InChI is InChI=1S/C11H21N3OS/c1-10(2)5-6-16-9(13-10)14-11(3,4)7-8(12)15/h5-7H2,1-4H3,(H2,12,15)(H,13,14). The number of nitrogens with one attached hydrogen (secondary N) is 1. The van der Waals surface area contributed by atoms with Gasteiger partial charge in [-0.25, -0.2) is 0 Å². The van der Waals surface area contributed by atoms with Crippen molar-refractivity contribution in [2.45, 2.75) is 51.6 Å². The zero-order valence-electron chi connectivity index (χ0n) is 10.5. The van der Waals surface area contributed by atoms with Crippen molar-refractivity contribution in [3.05, 3.63) is 0 Å². The summed E-state index contributed by atoms with van der Waals surface area (Å²) < 4.78 is 0. The van der Waals surface area contributed by atoms with Gasteiger partial charge >= 0.3 is 0 Å². The number of aliphatic imine (C=N–C) groups is 1. The van der Waals surface area contributed by atoms with Crippen LogP contribution in [0.4, 0.5) is 0 Å². The van der Waals surface area contributed by atoms with Crippen LogP contribution in [0.15, 0.2) is 4.99 Å². The minimum absolute atomic E-state index is 0.00358. The second-order valence-corrected chi connectivity index (χ2v) is 6.56. The normalized spacial score (nSPS) is 20.1. The number of nitrogens with two attached hydrogens (primary N) is 1. The van der Waals surface area contributed by atoms with Crippen molar-refractivity contribution >= 4 is 22.8 Å². The molecule has 0 aromatic rings. The number of hydrogen-bond donors (Lipinski definition) is 2. The molecule has 0 aliphatic carbocycles. The molecule has 16 heavy (non-hydrogen) atoms. The van der Waals surface area contributed by atoms with Gasteiger partial charge in [0.25, 0.3) is 0 Å². The molecule has 0 fully saturated rings. The van der Waals surface area contributed by atoms with E-state index in [1.54, 1.807) is 11.8 Å². The number of hydrogen-bond acceptors (Lipinski definition) is 4. The van der Waals surface area contributed by atoms with E-state index in [1.165, 1.54) is 0 Å². The van der Waals surface area contributed by atoms with Crippen LogP contribution in [0.25, 0.3) is 0 Å². The quantitative estimate of drug-likeness (QED) is 0.789. The fraction of sp³-hybridized carbons (Fsp3) is 0.818. The molecule has 0 atom stereocenters. The Bertz CT molecular complexity index is 310. The number of carbonyl (C=O) groups excluding carboxylic acids is 1. The lowest BCUT2D eigenvalue weighted by Gasteiger charge is -2.32. The average Bonchev–Trinajstić information content (AvgIpc) is 1.96. The first-order chi connectivity index (χ1) is 7.20. The maximum Gasteiger partial charge on any atom is 0.219 e. The Morgan fingerprint density at radius 3 is 2.75 bits per heavy atom. The lowest BCUT2D eigenvalue weighted by Crippen LogP contribution is -2.46. The monoisotopic (exact) mass is 243 g/mol. The Hall–Kier alpha value is -0.710. The van der Waals surface area contributed by atoms with Crippen molar-refractivity contribution in [3.8, 4) is 0 Å². The van der Waals surface area contributed by atoms with E-state index >= 15 is 0 Å². The van der Waals surface area contributed by atoms with E-state index in [9.17, 15) is 4.79 Å². The predicted octanol–water partition coefficient (Wildman–Crippen LogP) is 1.50. The fourth-order valence-electron chi connectivity index (χ4n) is 1.59. The topological polar surface area (TPSA) is 67.5 Å². The number of carbonyl (C=O) groups is 1. The zero-order chi connectivity index (χ0) is 12.4.